The minimum absolute atomic E-state index is 0.265. The monoisotopic (exact) mass is 476 g/mol. The summed E-state index contributed by atoms with van der Waals surface area (Å²) < 4.78 is 5.32. The van der Waals surface area contributed by atoms with E-state index in [0.717, 1.165) is 17.7 Å². The molecule has 0 fully saturated rings. The van der Waals surface area contributed by atoms with E-state index in [4.69, 9.17) is 9.84 Å². The van der Waals surface area contributed by atoms with Gasteiger partial charge in [0.15, 0.2) is 0 Å². The molecule has 186 valence electrons. The van der Waals surface area contributed by atoms with E-state index >= 15 is 0 Å². The van der Waals surface area contributed by atoms with Gasteiger partial charge >= 0.3 is 11.9 Å². The molecule has 5 heteroatoms. The Balaban J connectivity index is 2.11. The molecule has 0 amide bonds. The molecule has 0 aromatic heterocycles. The third-order valence-corrected chi connectivity index (χ3v) is 6.14. The number of esters is 1. The van der Waals surface area contributed by atoms with Crippen molar-refractivity contribution in [2.75, 3.05) is 0 Å². The smallest absolute Gasteiger partial charge is 0.318 e. The Morgan fingerprint density at radius 3 is 1.82 bits per heavy atom. The summed E-state index contributed by atoms with van der Waals surface area (Å²) in [5.74, 6) is -1.93. The first kappa shape index (κ1) is 29.3. The first-order chi connectivity index (χ1) is 16.0. The van der Waals surface area contributed by atoms with Gasteiger partial charge in [-0.2, -0.15) is 0 Å². The molecule has 1 atom stereocenters. The van der Waals surface area contributed by atoms with E-state index < -0.39 is 17.9 Å². The van der Waals surface area contributed by atoms with Gasteiger partial charge in [0, 0.05) is 4.90 Å². The topological polar surface area (TPSA) is 63.6 Å². The number of thiol groups is 1. The minimum atomic E-state index is -1.01. The number of carbonyl (C=O) groups is 2. The van der Waals surface area contributed by atoms with E-state index in [1.165, 1.54) is 83.5 Å². The van der Waals surface area contributed by atoms with E-state index in [1.807, 2.05) is 6.08 Å². The molecule has 1 unspecified atom stereocenters. The van der Waals surface area contributed by atoms with Crippen LogP contribution in [0.1, 0.15) is 110 Å². The number of aliphatic carboxylic acids is 1. The van der Waals surface area contributed by atoms with Crippen LogP contribution in [0.25, 0.3) is 0 Å². The minimum Gasteiger partial charge on any atom is -0.481 e. The van der Waals surface area contributed by atoms with Crippen LogP contribution in [0, 0.1) is 5.92 Å². The van der Waals surface area contributed by atoms with Gasteiger partial charge < -0.3 is 9.84 Å². The highest BCUT2D eigenvalue weighted by atomic mass is 32.1. The van der Waals surface area contributed by atoms with Crippen molar-refractivity contribution in [2.45, 2.75) is 115 Å². The van der Waals surface area contributed by atoms with Crippen molar-refractivity contribution in [1.29, 1.82) is 0 Å². The first-order valence-electron chi connectivity index (χ1n) is 12.9. The highest BCUT2D eigenvalue weighted by Gasteiger charge is 2.21. The number of benzene rings is 1. The van der Waals surface area contributed by atoms with Gasteiger partial charge in [0.1, 0.15) is 5.75 Å². The zero-order valence-corrected chi connectivity index (χ0v) is 21.4. The van der Waals surface area contributed by atoms with Gasteiger partial charge in [-0.3, -0.25) is 9.59 Å². The number of hydrogen-bond acceptors (Lipinski definition) is 4. The summed E-state index contributed by atoms with van der Waals surface area (Å²) in [6, 6.07) is 6.75. The molecule has 0 aliphatic heterocycles. The number of allylic oxidation sites excluding steroid dienone is 1. The molecule has 0 aliphatic carbocycles. The fourth-order valence-corrected chi connectivity index (χ4v) is 3.99. The van der Waals surface area contributed by atoms with Crippen LogP contribution >= 0.6 is 12.6 Å². The van der Waals surface area contributed by atoms with E-state index in [2.05, 4.69) is 19.6 Å². The maximum absolute atomic E-state index is 12.4. The molecule has 4 nitrogen and oxygen atoms in total. The average molecular weight is 477 g/mol. The highest BCUT2D eigenvalue weighted by molar-refractivity contribution is 7.80. The second-order valence-corrected chi connectivity index (χ2v) is 9.45. The lowest BCUT2D eigenvalue weighted by Gasteiger charge is -2.10. The standard InChI is InChI=1S/C28H44O4S/c1-2-3-4-5-6-7-8-9-10-11-12-13-14-15-16-17-18-24(23-27(29)30)28(31)32-25-19-21-26(33)22-20-25/h17-22,24,33H,2-16,23H2,1H3,(H,29,30). The number of carboxylic acids is 1. The molecule has 0 heterocycles. The second kappa shape index (κ2) is 19.7. The van der Waals surface area contributed by atoms with Crippen molar-refractivity contribution in [2.24, 2.45) is 5.92 Å². The lowest BCUT2D eigenvalue weighted by Crippen LogP contribution is -2.21. The van der Waals surface area contributed by atoms with Crippen molar-refractivity contribution in [1.82, 2.24) is 0 Å². The number of rotatable bonds is 20. The summed E-state index contributed by atoms with van der Waals surface area (Å²) >= 11 is 4.20. The SMILES string of the molecule is CCCCCCCCCCCCCCCCC=CC(CC(=O)O)C(=O)Oc1ccc(S)cc1. The molecule has 0 bridgehead atoms. The normalized spacial score (nSPS) is 12.2. The lowest BCUT2D eigenvalue weighted by molar-refractivity contribution is -0.144. The Kier molecular flexibility index (Phi) is 17.5. The zero-order valence-electron chi connectivity index (χ0n) is 20.5. The van der Waals surface area contributed by atoms with Gasteiger partial charge in [0.2, 0.25) is 0 Å². The van der Waals surface area contributed by atoms with Crippen molar-refractivity contribution in [3.63, 3.8) is 0 Å². The third kappa shape index (κ3) is 16.5. The zero-order chi connectivity index (χ0) is 24.2. The van der Waals surface area contributed by atoms with Crippen LogP contribution in [0.3, 0.4) is 0 Å². The van der Waals surface area contributed by atoms with Gasteiger partial charge in [-0.15, -0.1) is 12.6 Å². The predicted octanol–water partition coefficient (Wildman–Crippen LogP) is 8.40. The van der Waals surface area contributed by atoms with Crippen molar-refractivity contribution in [3.8, 4) is 5.75 Å². The van der Waals surface area contributed by atoms with Crippen LogP contribution in [0.15, 0.2) is 41.3 Å². The van der Waals surface area contributed by atoms with Crippen molar-refractivity contribution in [3.05, 3.63) is 36.4 Å². The lowest BCUT2D eigenvalue weighted by atomic mass is 10.0. The molecule has 0 aliphatic rings. The van der Waals surface area contributed by atoms with Gasteiger partial charge in [0.05, 0.1) is 12.3 Å². The molecule has 1 N–H and O–H groups in total. The summed E-state index contributed by atoms with van der Waals surface area (Å²) in [5.41, 5.74) is 0. The summed E-state index contributed by atoms with van der Waals surface area (Å²) in [6.45, 7) is 2.26. The Morgan fingerprint density at radius 1 is 0.848 bits per heavy atom. The number of unbranched alkanes of at least 4 members (excludes halogenated alkanes) is 14. The molecule has 1 aromatic carbocycles. The largest absolute Gasteiger partial charge is 0.481 e. The summed E-state index contributed by atoms with van der Waals surface area (Å²) in [6.07, 6.45) is 22.7. The summed E-state index contributed by atoms with van der Waals surface area (Å²) in [4.78, 5) is 24.3. The van der Waals surface area contributed by atoms with Gasteiger partial charge in [0.25, 0.3) is 0 Å². The molecular formula is C28H44O4S. The number of ether oxygens (including phenoxy) is 1. The molecule has 0 saturated heterocycles. The van der Waals surface area contributed by atoms with Crippen LogP contribution in [0.2, 0.25) is 0 Å². The van der Waals surface area contributed by atoms with Crippen LogP contribution < -0.4 is 4.74 Å². The van der Waals surface area contributed by atoms with Crippen LogP contribution in [-0.4, -0.2) is 17.0 Å². The second-order valence-electron chi connectivity index (χ2n) is 8.93. The highest BCUT2D eigenvalue weighted by Crippen LogP contribution is 2.18. The van der Waals surface area contributed by atoms with Crippen molar-refractivity contribution >= 4 is 24.6 Å². The van der Waals surface area contributed by atoms with E-state index in [-0.39, 0.29) is 6.42 Å². The van der Waals surface area contributed by atoms with Gasteiger partial charge in [-0.05, 0) is 37.1 Å². The van der Waals surface area contributed by atoms with E-state index in [0.29, 0.717) is 5.75 Å². The first-order valence-corrected chi connectivity index (χ1v) is 13.4. The van der Waals surface area contributed by atoms with E-state index in [1.54, 1.807) is 30.3 Å². The fourth-order valence-electron chi connectivity index (χ4n) is 3.84. The van der Waals surface area contributed by atoms with Crippen LogP contribution in [0.4, 0.5) is 0 Å². The summed E-state index contributed by atoms with van der Waals surface area (Å²) in [7, 11) is 0. The summed E-state index contributed by atoms with van der Waals surface area (Å²) in [5, 5.41) is 9.12. The number of carbonyl (C=O) groups excluding carboxylic acids is 1. The number of carboxylic acid groups (broad SMARTS) is 1. The fraction of sp³-hybridized carbons (Fsp3) is 0.643. The quantitative estimate of drug-likeness (QED) is 0.0652. The Hall–Kier alpha value is -1.75. The van der Waals surface area contributed by atoms with Crippen LogP contribution in [0.5, 0.6) is 5.75 Å². The molecule has 0 radical (unpaired) electrons. The average Bonchev–Trinajstić information content (AvgIpc) is 2.79. The molecule has 0 spiro atoms. The Morgan fingerprint density at radius 2 is 1.33 bits per heavy atom. The van der Waals surface area contributed by atoms with Gasteiger partial charge in [-0.1, -0.05) is 103 Å². The maximum Gasteiger partial charge on any atom is 0.318 e. The molecule has 1 aromatic rings. The van der Waals surface area contributed by atoms with Crippen molar-refractivity contribution < 1.29 is 19.4 Å². The predicted molar refractivity (Wildman–Crippen MR) is 139 cm³/mol. The third-order valence-electron chi connectivity index (χ3n) is 5.85. The molecule has 0 saturated carbocycles. The Bertz CT molecular complexity index is 669. The maximum atomic E-state index is 12.4. The number of hydrogen-bond donors (Lipinski definition) is 2. The Labute approximate surface area is 206 Å². The molecule has 1 rings (SSSR count). The molecular weight excluding hydrogens is 432 g/mol. The van der Waals surface area contributed by atoms with E-state index in [9.17, 15) is 9.59 Å². The van der Waals surface area contributed by atoms with Gasteiger partial charge in [-0.25, -0.2) is 0 Å². The van der Waals surface area contributed by atoms with Crippen LogP contribution in [-0.2, 0) is 9.59 Å². The molecule has 33 heavy (non-hydrogen) atoms.